The molecule has 0 saturated carbocycles. The van der Waals surface area contributed by atoms with E-state index in [0.717, 1.165) is 21.0 Å². The predicted molar refractivity (Wildman–Crippen MR) is 155 cm³/mol. The molecular weight excluding hydrogens is 530 g/mol. The van der Waals surface area contributed by atoms with Crippen molar-refractivity contribution in [2.45, 2.75) is 45.2 Å². The van der Waals surface area contributed by atoms with Gasteiger partial charge < -0.3 is 19.7 Å². The second-order valence-corrected chi connectivity index (χ2v) is 11.3. The van der Waals surface area contributed by atoms with Crippen LogP contribution in [0.5, 0.6) is 11.5 Å². The van der Waals surface area contributed by atoms with Gasteiger partial charge in [-0.25, -0.2) is 8.42 Å². The highest BCUT2D eigenvalue weighted by molar-refractivity contribution is 7.92. The SMILES string of the molecule is CCNC(=O)[C@H](C)N(Cc1ccc(C)cc1)C(=O)CN(c1cc(OC)ccc1OC)S(=O)(=O)c1ccc(C)cc1. The Hall–Kier alpha value is -4.05. The number of likely N-dealkylation sites (N-methyl/N-ethyl adjacent to an activating group) is 1. The van der Waals surface area contributed by atoms with Crippen LogP contribution >= 0.6 is 0 Å². The number of aryl methyl sites for hydroxylation is 2. The van der Waals surface area contributed by atoms with Crippen LogP contribution in [0, 0.1) is 13.8 Å². The van der Waals surface area contributed by atoms with Gasteiger partial charge in [0.1, 0.15) is 24.1 Å². The number of ether oxygens (including phenoxy) is 2. The highest BCUT2D eigenvalue weighted by Gasteiger charge is 2.34. The van der Waals surface area contributed by atoms with E-state index < -0.39 is 28.5 Å². The zero-order chi connectivity index (χ0) is 29.4. The quantitative estimate of drug-likeness (QED) is 0.354. The molecule has 1 atom stereocenters. The molecule has 0 radical (unpaired) electrons. The summed E-state index contributed by atoms with van der Waals surface area (Å²) < 4.78 is 40.0. The van der Waals surface area contributed by atoms with Crippen molar-refractivity contribution in [1.82, 2.24) is 10.2 Å². The number of sulfonamides is 1. The molecule has 214 valence electrons. The van der Waals surface area contributed by atoms with Crippen LogP contribution < -0.4 is 19.1 Å². The monoisotopic (exact) mass is 567 g/mol. The predicted octanol–water partition coefficient (Wildman–Crippen LogP) is 4.07. The highest BCUT2D eigenvalue weighted by atomic mass is 32.2. The van der Waals surface area contributed by atoms with Gasteiger partial charge in [-0.2, -0.15) is 0 Å². The average Bonchev–Trinajstić information content (AvgIpc) is 2.95. The zero-order valence-corrected chi connectivity index (χ0v) is 24.6. The third kappa shape index (κ3) is 7.12. The smallest absolute Gasteiger partial charge is 0.264 e. The van der Waals surface area contributed by atoms with Crippen molar-refractivity contribution in [2.24, 2.45) is 0 Å². The number of amides is 2. The Morgan fingerprint density at radius 3 is 2.05 bits per heavy atom. The van der Waals surface area contributed by atoms with Crippen molar-refractivity contribution >= 4 is 27.5 Å². The second kappa shape index (κ2) is 13.3. The fraction of sp³-hybridized carbons (Fsp3) is 0.333. The second-order valence-electron chi connectivity index (χ2n) is 9.44. The Bertz CT molecular complexity index is 1420. The van der Waals surface area contributed by atoms with E-state index >= 15 is 0 Å². The first kappa shape index (κ1) is 30.5. The maximum Gasteiger partial charge on any atom is 0.264 e. The molecule has 0 fully saturated rings. The maximum atomic E-state index is 14.1. The summed E-state index contributed by atoms with van der Waals surface area (Å²) in [6.07, 6.45) is 0. The first-order valence-electron chi connectivity index (χ1n) is 13.0. The van der Waals surface area contributed by atoms with E-state index in [-0.39, 0.29) is 28.8 Å². The summed E-state index contributed by atoms with van der Waals surface area (Å²) >= 11 is 0. The van der Waals surface area contributed by atoms with Crippen molar-refractivity contribution in [2.75, 3.05) is 31.6 Å². The van der Waals surface area contributed by atoms with Gasteiger partial charge in [-0.05, 0) is 57.5 Å². The topological polar surface area (TPSA) is 105 Å². The molecule has 0 aliphatic rings. The Kier molecular flexibility index (Phi) is 10.2. The molecule has 2 amide bonds. The van der Waals surface area contributed by atoms with Crippen LogP contribution in [0.2, 0.25) is 0 Å². The standard InChI is InChI=1S/C30H37N3O6S/c1-7-31-30(35)23(4)32(19-24-12-8-21(2)9-13-24)29(34)20-33(27-18-25(38-5)14-17-28(27)39-6)40(36,37)26-15-10-22(3)11-16-26/h8-18,23H,7,19-20H2,1-6H3,(H,31,35)/t23-/m0/s1. The summed E-state index contributed by atoms with van der Waals surface area (Å²) in [7, 11) is -1.36. The molecule has 40 heavy (non-hydrogen) atoms. The number of carbonyl (C=O) groups excluding carboxylic acids is 2. The van der Waals surface area contributed by atoms with Crippen molar-refractivity contribution in [1.29, 1.82) is 0 Å². The van der Waals surface area contributed by atoms with Gasteiger partial charge in [0, 0.05) is 19.2 Å². The van der Waals surface area contributed by atoms with Crippen molar-refractivity contribution in [3.05, 3.63) is 83.4 Å². The molecule has 3 aromatic carbocycles. The maximum absolute atomic E-state index is 14.1. The van der Waals surface area contributed by atoms with Crippen LogP contribution in [0.3, 0.4) is 0 Å². The molecule has 3 aromatic rings. The summed E-state index contributed by atoms with van der Waals surface area (Å²) in [5.74, 6) is -0.263. The Balaban J connectivity index is 2.12. The first-order valence-corrected chi connectivity index (χ1v) is 14.4. The van der Waals surface area contributed by atoms with Gasteiger partial charge in [-0.15, -0.1) is 0 Å². The summed E-state index contributed by atoms with van der Waals surface area (Å²) in [6, 6.07) is 17.9. The van der Waals surface area contributed by atoms with Crippen LogP contribution in [-0.2, 0) is 26.2 Å². The summed E-state index contributed by atoms with van der Waals surface area (Å²) in [5.41, 5.74) is 2.89. The fourth-order valence-corrected chi connectivity index (χ4v) is 5.55. The van der Waals surface area contributed by atoms with E-state index in [1.54, 1.807) is 38.1 Å². The van der Waals surface area contributed by atoms with Gasteiger partial charge in [0.2, 0.25) is 11.8 Å². The molecular formula is C30H37N3O6S. The summed E-state index contributed by atoms with van der Waals surface area (Å²) in [6.45, 7) is 7.17. The molecule has 3 rings (SSSR count). The van der Waals surface area contributed by atoms with Crippen LogP contribution in [0.1, 0.15) is 30.5 Å². The number of nitrogens with one attached hydrogen (secondary N) is 1. The van der Waals surface area contributed by atoms with Gasteiger partial charge in [0.25, 0.3) is 10.0 Å². The number of carbonyl (C=O) groups is 2. The van der Waals surface area contributed by atoms with Crippen molar-refractivity contribution in [3.8, 4) is 11.5 Å². The van der Waals surface area contributed by atoms with Gasteiger partial charge >= 0.3 is 0 Å². The molecule has 0 aliphatic heterocycles. The normalized spacial score (nSPS) is 11.8. The molecule has 9 nitrogen and oxygen atoms in total. The molecule has 1 N–H and O–H groups in total. The number of anilines is 1. The van der Waals surface area contributed by atoms with Crippen LogP contribution in [0.25, 0.3) is 0 Å². The van der Waals surface area contributed by atoms with Crippen molar-refractivity contribution < 1.29 is 27.5 Å². The third-order valence-corrected chi connectivity index (χ3v) is 8.31. The lowest BCUT2D eigenvalue weighted by Crippen LogP contribution is -2.51. The van der Waals surface area contributed by atoms with E-state index in [9.17, 15) is 18.0 Å². The number of benzene rings is 3. The lowest BCUT2D eigenvalue weighted by atomic mass is 10.1. The molecule has 0 heterocycles. The average molecular weight is 568 g/mol. The lowest BCUT2D eigenvalue weighted by Gasteiger charge is -2.32. The molecule has 0 aromatic heterocycles. The van der Waals surface area contributed by atoms with E-state index in [1.165, 1.54) is 37.3 Å². The third-order valence-electron chi connectivity index (χ3n) is 6.53. The molecule has 10 heteroatoms. The number of methoxy groups -OCH3 is 2. The fourth-order valence-electron chi connectivity index (χ4n) is 4.14. The number of nitrogens with zero attached hydrogens (tertiary/aromatic N) is 2. The van der Waals surface area contributed by atoms with E-state index in [4.69, 9.17) is 9.47 Å². The van der Waals surface area contributed by atoms with Crippen LogP contribution in [0.4, 0.5) is 5.69 Å². The zero-order valence-electron chi connectivity index (χ0n) is 23.8. The minimum atomic E-state index is -4.24. The largest absolute Gasteiger partial charge is 0.497 e. The summed E-state index contributed by atoms with van der Waals surface area (Å²) in [4.78, 5) is 28.3. The van der Waals surface area contributed by atoms with E-state index in [1.807, 2.05) is 38.1 Å². The van der Waals surface area contributed by atoms with Crippen LogP contribution in [0.15, 0.2) is 71.6 Å². The first-order chi connectivity index (χ1) is 19.0. The number of hydrogen-bond donors (Lipinski definition) is 1. The van der Waals surface area contributed by atoms with E-state index in [2.05, 4.69) is 5.32 Å². The lowest BCUT2D eigenvalue weighted by molar-refractivity contribution is -0.139. The number of hydrogen-bond acceptors (Lipinski definition) is 6. The Morgan fingerprint density at radius 1 is 0.900 bits per heavy atom. The van der Waals surface area contributed by atoms with Gasteiger partial charge in [0.05, 0.1) is 24.8 Å². The Morgan fingerprint density at radius 2 is 1.50 bits per heavy atom. The minimum Gasteiger partial charge on any atom is -0.497 e. The Labute approximate surface area is 236 Å². The highest BCUT2D eigenvalue weighted by Crippen LogP contribution is 2.36. The molecule has 0 aliphatic carbocycles. The molecule has 0 spiro atoms. The van der Waals surface area contributed by atoms with E-state index in [0.29, 0.717) is 12.3 Å². The summed E-state index contributed by atoms with van der Waals surface area (Å²) in [5, 5.41) is 2.75. The van der Waals surface area contributed by atoms with Gasteiger partial charge in [0.15, 0.2) is 0 Å². The molecule has 0 bridgehead atoms. The minimum absolute atomic E-state index is 0.0117. The molecule has 0 saturated heterocycles. The molecule has 0 unspecified atom stereocenters. The van der Waals surface area contributed by atoms with Gasteiger partial charge in [-0.3, -0.25) is 13.9 Å². The number of rotatable bonds is 12. The van der Waals surface area contributed by atoms with Crippen molar-refractivity contribution in [3.63, 3.8) is 0 Å². The van der Waals surface area contributed by atoms with Gasteiger partial charge in [-0.1, -0.05) is 47.5 Å². The van der Waals surface area contributed by atoms with Crippen LogP contribution in [-0.4, -0.2) is 58.5 Å².